The minimum atomic E-state index is -1.02. The van der Waals surface area contributed by atoms with Crippen LogP contribution in [0.15, 0.2) is 66.7 Å². The summed E-state index contributed by atoms with van der Waals surface area (Å²) < 4.78 is 18.1. The molecule has 10 heteroatoms. The van der Waals surface area contributed by atoms with Crippen LogP contribution in [0, 0.1) is 0 Å². The second kappa shape index (κ2) is 12.1. The van der Waals surface area contributed by atoms with Crippen molar-refractivity contribution in [2.45, 2.75) is 45.8 Å². The van der Waals surface area contributed by atoms with E-state index >= 15 is 0 Å². The van der Waals surface area contributed by atoms with Crippen LogP contribution in [0.1, 0.15) is 39.3 Å². The van der Waals surface area contributed by atoms with Crippen molar-refractivity contribution in [3.63, 3.8) is 0 Å². The standard InChI is InChI=1S/C30H35N5O5/c1-7-40-22-15-12-20(13-16-22)28(29(37)31-30(2,3)4)35(21-14-17-25(38-5)26(18-21)39-6)27(36)19-34-24-11-9-8-10-23(24)32-33-34/h8-18,28H,7,19H2,1-6H3,(H,31,37). The summed E-state index contributed by atoms with van der Waals surface area (Å²) in [5.41, 5.74) is 1.89. The number of nitrogens with zero attached hydrogens (tertiary/aromatic N) is 4. The minimum Gasteiger partial charge on any atom is -0.494 e. The largest absolute Gasteiger partial charge is 0.494 e. The number of nitrogens with one attached hydrogen (secondary N) is 1. The molecule has 0 aliphatic rings. The van der Waals surface area contributed by atoms with E-state index < -0.39 is 11.6 Å². The Hall–Kier alpha value is -4.60. The van der Waals surface area contributed by atoms with E-state index in [4.69, 9.17) is 14.2 Å². The van der Waals surface area contributed by atoms with Gasteiger partial charge in [-0.15, -0.1) is 5.10 Å². The third kappa shape index (κ3) is 6.33. The molecular weight excluding hydrogens is 510 g/mol. The first-order valence-corrected chi connectivity index (χ1v) is 13.0. The van der Waals surface area contributed by atoms with Gasteiger partial charge in [0.1, 0.15) is 23.9 Å². The molecule has 0 saturated heterocycles. The molecule has 40 heavy (non-hydrogen) atoms. The second-order valence-corrected chi connectivity index (χ2v) is 10.2. The van der Waals surface area contributed by atoms with E-state index in [0.717, 1.165) is 0 Å². The van der Waals surface area contributed by atoms with Gasteiger partial charge in [0.2, 0.25) is 11.8 Å². The van der Waals surface area contributed by atoms with Crippen LogP contribution in [0.5, 0.6) is 17.2 Å². The zero-order valence-corrected chi connectivity index (χ0v) is 23.7. The maximum Gasteiger partial charge on any atom is 0.249 e. The number of fused-ring (bicyclic) bond motifs is 1. The van der Waals surface area contributed by atoms with Crippen molar-refractivity contribution < 1.29 is 23.8 Å². The predicted molar refractivity (Wildman–Crippen MR) is 153 cm³/mol. The van der Waals surface area contributed by atoms with Crippen LogP contribution in [0.2, 0.25) is 0 Å². The van der Waals surface area contributed by atoms with Crippen molar-refractivity contribution in [3.8, 4) is 17.2 Å². The van der Waals surface area contributed by atoms with Gasteiger partial charge in [0.25, 0.3) is 0 Å². The Kier molecular flexibility index (Phi) is 8.57. The quantitative estimate of drug-likeness (QED) is 0.312. The van der Waals surface area contributed by atoms with Gasteiger partial charge in [-0.2, -0.15) is 0 Å². The number of anilines is 1. The highest BCUT2D eigenvalue weighted by Crippen LogP contribution is 2.36. The molecule has 0 aliphatic heterocycles. The van der Waals surface area contributed by atoms with Crippen LogP contribution in [0.3, 0.4) is 0 Å². The molecule has 1 unspecified atom stereocenters. The molecule has 1 aromatic heterocycles. The number of amides is 2. The van der Waals surface area contributed by atoms with E-state index in [9.17, 15) is 9.59 Å². The third-order valence-electron chi connectivity index (χ3n) is 6.13. The van der Waals surface area contributed by atoms with Crippen LogP contribution in [0.4, 0.5) is 5.69 Å². The molecule has 4 aromatic rings. The molecule has 0 spiro atoms. The minimum absolute atomic E-state index is 0.148. The summed E-state index contributed by atoms with van der Waals surface area (Å²) in [4.78, 5) is 29.6. The maximum absolute atomic E-state index is 14.2. The first kappa shape index (κ1) is 28.4. The summed E-state index contributed by atoms with van der Waals surface area (Å²) in [6.07, 6.45) is 0. The van der Waals surface area contributed by atoms with Gasteiger partial charge in [-0.1, -0.05) is 29.5 Å². The lowest BCUT2D eigenvalue weighted by atomic mass is 10.0. The van der Waals surface area contributed by atoms with E-state index in [2.05, 4.69) is 15.6 Å². The molecule has 0 aliphatic carbocycles. The fourth-order valence-corrected chi connectivity index (χ4v) is 4.42. The number of carbonyl (C=O) groups excluding carboxylic acids is 2. The maximum atomic E-state index is 14.2. The smallest absolute Gasteiger partial charge is 0.249 e. The molecule has 1 heterocycles. The zero-order valence-electron chi connectivity index (χ0n) is 23.7. The number of carbonyl (C=O) groups is 2. The van der Waals surface area contributed by atoms with Gasteiger partial charge in [-0.25, -0.2) is 4.68 Å². The zero-order chi connectivity index (χ0) is 28.9. The van der Waals surface area contributed by atoms with Crippen LogP contribution in [-0.4, -0.2) is 53.2 Å². The van der Waals surface area contributed by atoms with Crippen molar-refractivity contribution in [3.05, 3.63) is 72.3 Å². The molecular formula is C30H35N5O5. The number of hydrogen-bond acceptors (Lipinski definition) is 7. The monoisotopic (exact) mass is 545 g/mol. The number of methoxy groups -OCH3 is 2. The summed E-state index contributed by atoms with van der Waals surface area (Å²) >= 11 is 0. The average molecular weight is 546 g/mol. The first-order chi connectivity index (χ1) is 19.1. The Bertz CT molecular complexity index is 1480. The molecule has 0 saturated carbocycles. The fourth-order valence-electron chi connectivity index (χ4n) is 4.42. The van der Waals surface area contributed by atoms with Gasteiger partial charge in [0, 0.05) is 17.3 Å². The molecule has 2 amide bonds. The Morgan fingerprint density at radius 3 is 2.33 bits per heavy atom. The lowest BCUT2D eigenvalue weighted by Crippen LogP contribution is -2.50. The Morgan fingerprint density at radius 1 is 0.975 bits per heavy atom. The molecule has 1 atom stereocenters. The SMILES string of the molecule is CCOc1ccc(C(C(=O)NC(C)(C)C)N(C(=O)Cn2nnc3ccccc32)c2ccc(OC)c(OC)c2)cc1. The van der Waals surface area contributed by atoms with Crippen LogP contribution < -0.4 is 24.4 Å². The van der Waals surface area contributed by atoms with Crippen molar-refractivity contribution in [2.75, 3.05) is 25.7 Å². The van der Waals surface area contributed by atoms with Crippen molar-refractivity contribution in [2.24, 2.45) is 0 Å². The van der Waals surface area contributed by atoms with E-state index in [1.807, 2.05) is 52.0 Å². The highest BCUT2D eigenvalue weighted by atomic mass is 16.5. The number of rotatable bonds is 10. The number of ether oxygens (including phenoxy) is 3. The van der Waals surface area contributed by atoms with E-state index in [0.29, 0.717) is 46.1 Å². The van der Waals surface area contributed by atoms with Crippen LogP contribution >= 0.6 is 0 Å². The van der Waals surface area contributed by atoms with Gasteiger partial charge in [0.15, 0.2) is 11.5 Å². The van der Waals surface area contributed by atoms with E-state index in [1.165, 1.54) is 23.8 Å². The summed E-state index contributed by atoms with van der Waals surface area (Å²) in [6.45, 7) is 7.94. The topological polar surface area (TPSA) is 108 Å². The molecule has 210 valence electrons. The molecule has 0 bridgehead atoms. The van der Waals surface area contributed by atoms with Gasteiger partial charge in [-0.3, -0.25) is 14.5 Å². The summed E-state index contributed by atoms with van der Waals surface area (Å²) in [5, 5.41) is 11.4. The number of aromatic nitrogens is 3. The van der Waals surface area contributed by atoms with E-state index in [1.54, 1.807) is 42.5 Å². The Balaban J connectivity index is 1.86. The number of benzene rings is 3. The first-order valence-electron chi connectivity index (χ1n) is 13.0. The highest BCUT2D eigenvalue weighted by molar-refractivity contribution is 6.02. The molecule has 0 fully saturated rings. The van der Waals surface area contributed by atoms with Crippen LogP contribution in [-0.2, 0) is 16.1 Å². The Morgan fingerprint density at radius 2 is 1.68 bits per heavy atom. The van der Waals surface area contributed by atoms with Crippen molar-refractivity contribution in [1.29, 1.82) is 0 Å². The third-order valence-corrected chi connectivity index (χ3v) is 6.13. The van der Waals surface area contributed by atoms with Gasteiger partial charge in [0.05, 0.1) is 26.3 Å². The normalized spacial score (nSPS) is 12.1. The summed E-state index contributed by atoms with van der Waals surface area (Å²) in [6, 6.07) is 18.7. The predicted octanol–water partition coefficient (Wildman–Crippen LogP) is 4.54. The van der Waals surface area contributed by atoms with Gasteiger partial charge >= 0.3 is 0 Å². The Labute approximate surface area is 233 Å². The van der Waals surface area contributed by atoms with Gasteiger partial charge < -0.3 is 19.5 Å². The number of hydrogen-bond donors (Lipinski definition) is 1. The number of para-hydroxylation sites is 1. The molecule has 0 radical (unpaired) electrons. The van der Waals surface area contributed by atoms with Crippen molar-refractivity contribution in [1.82, 2.24) is 20.3 Å². The lowest BCUT2D eigenvalue weighted by molar-refractivity contribution is -0.128. The van der Waals surface area contributed by atoms with Gasteiger partial charge in [-0.05, 0) is 69.7 Å². The molecule has 10 nitrogen and oxygen atoms in total. The second-order valence-electron chi connectivity index (χ2n) is 10.2. The lowest BCUT2D eigenvalue weighted by Gasteiger charge is -2.34. The molecule has 1 N–H and O–H groups in total. The molecule has 4 rings (SSSR count). The average Bonchev–Trinajstić information content (AvgIpc) is 3.33. The highest BCUT2D eigenvalue weighted by Gasteiger charge is 2.35. The summed E-state index contributed by atoms with van der Waals surface area (Å²) in [7, 11) is 3.06. The van der Waals surface area contributed by atoms with Crippen LogP contribution in [0.25, 0.3) is 11.0 Å². The fraction of sp³-hybridized carbons (Fsp3) is 0.333. The molecule has 3 aromatic carbocycles. The summed E-state index contributed by atoms with van der Waals surface area (Å²) in [5.74, 6) is 0.872. The van der Waals surface area contributed by atoms with Crippen molar-refractivity contribution >= 4 is 28.5 Å². The van der Waals surface area contributed by atoms with E-state index in [-0.39, 0.29) is 18.4 Å².